The maximum absolute atomic E-state index is 13.0. The van der Waals surface area contributed by atoms with Crippen molar-refractivity contribution in [3.8, 4) is 11.5 Å². The summed E-state index contributed by atoms with van der Waals surface area (Å²) in [5, 5.41) is 0. The molecule has 20 heavy (non-hydrogen) atoms. The molecule has 0 unspecified atom stereocenters. The van der Waals surface area contributed by atoms with Crippen LogP contribution in [0.25, 0.3) is 0 Å². The first-order valence-corrected chi connectivity index (χ1v) is 6.87. The first kappa shape index (κ1) is 14.8. The zero-order chi connectivity index (χ0) is 14.5. The van der Waals surface area contributed by atoms with E-state index in [1.165, 1.54) is 12.1 Å². The molecule has 0 bridgehead atoms. The van der Waals surface area contributed by atoms with Crippen LogP contribution in [0, 0.1) is 5.82 Å². The summed E-state index contributed by atoms with van der Waals surface area (Å²) in [5.74, 6) is 0.999. The molecule has 2 aromatic rings. The molecule has 0 aromatic heterocycles. The number of halogens is 2. The van der Waals surface area contributed by atoms with E-state index in [0.717, 1.165) is 16.9 Å². The van der Waals surface area contributed by atoms with E-state index in [2.05, 4.69) is 15.9 Å². The van der Waals surface area contributed by atoms with Crippen LogP contribution in [0.4, 0.5) is 4.39 Å². The van der Waals surface area contributed by atoms with Gasteiger partial charge >= 0.3 is 0 Å². The van der Waals surface area contributed by atoms with Crippen molar-refractivity contribution in [1.29, 1.82) is 0 Å². The second-order valence-corrected chi connectivity index (χ2v) is 5.07. The van der Waals surface area contributed by atoms with Crippen LogP contribution in [0.5, 0.6) is 11.5 Å². The average Bonchev–Trinajstić information content (AvgIpc) is 2.46. The Bertz CT molecular complexity index is 604. The van der Waals surface area contributed by atoms with Gasteiger partial charge in [0.2, 0.25) is 0 Å². The summed E-state index contributed by atoms with van der Waals surface area (Å²) in [5.41, 5.74) is 7.52. The molecular formula is C15H15BrFNO2. The highest BCUT2D eigenvalue weighted by molar-refractivity contribution is 9.10. The average molecular weight is 340 g/mol. The molecule has 0 spiro atoms. The molecule has 0 heterocycles. The second kappa shape index (κ2) is 6.72. The topological polar surface area (TPSA) is 44.5 Å². The number of rotatable bonds is 5. The van der Waals surface area contributed by atoms with Crippen molar-refractivity contribution in [1.82, 2.24) is 0 Å². The van der Waals surface area contributed by atoms with E-state index >= 15 is 0 Å². The summed E-state index contributed by atoms with van der Waals surface area (Å²) in [6.07, 6.45) is 0. The van der Waals surface area contributed by atoms with E-state index in [4.69, 9.17) is 15.2 Å². The van der Waals surface area contributed by atoms with Gasteiger partial charge in [0.15, 0.2) is 0 Å². The monoisotopic (exact) mass is 339 g/mol. The lowest BCUT2D eigenvalue weighted by atomic mass is 10.1. The molecule has 0 aliphatic heterocycles. The van der Waals surface area contributed by atoms with Crippen LogP contribution in [0.3, 0.4) is 0 Å². The number of hydrogen-bond donors (Lipinski definition) is 1. The van der Waals surface area contributed by atoms with Gasteiger partial charge in [0.05, 0.1) is 11.6 Å². The standard InChI is InChI=1S/C15H15BrFNO2/c1-19-14-4-2-10(8-18)6-11(14)9-20-15-5-3-12(17)7-13(15)16/h2-7H,8-9,18H2,1H3. The van der Waals surface area contributed by atoms with Gasteiger partial charge in [-0.2, -0.15) is 0 Å². The van der Waals surface area contributed by atoms with Crippen LogP contribution >= 0.6 is 15.9 Å². The summed E-state index contributed by atoms with van der Waals surface area (Å²) in [7, 11) is 1.61. The highest BCUT2D eigenvalue weighted by Gasteiger charge is 2.07. The van der Waals surface area contributed by atoms with Crippen LogP contribution in [-0.2, 0) is 13.2 Å². The molecule has 0 amide bonds. The Morgan fingerprint density at radius 1 is 1.15 bits per heavy atom. The normalized spacial score (nSPS) is 10.4. The summed E-state index contributed by atoms with van der Waals surface area (Å²) in [6.45, 7) is 0.776. The summed E-state index contributed by atoms with van der Waals surface area (Å²) < 4.78 is 24.6. The van der Waals surface area contributed by atoms with Gasteiger partial charge in [-0.05, 0) is 51.8 Å². The molecule has 2 N–H and O–H groups in total. The SMILES string of the molecule is COc1ccc(CN)cc1COc1ccc(F)cc1Br. The van der Waals surface area contributed by atoms with Gasteiger partial charge in [0.25, 0.3) is 0 Å². The van der Waals surface area contributed by atoms with Crippen molar-refractivity contribution in [2.75, 3.05) is 7.11 Å². The van der Waals surface area contributed by atoms with Crippen LogP contribution < -0.4 is 15.2 Å². The molecule has 0 aliphatic rings. The van der Waals surface area contributed by atoms with Crippen molar-refractivity contribution >= 4 is 15.9 Å². The Labute approximate surface area is 125 Å². The smallest absolute Gasteiger partial charge is 0.134 e. The lowest BCUT2D eigenvalue weighted by Crippen LogP contribution is -2.03. The Balaban J connectivity index is 2.17. The van der Waals surface area contributed by atoms with E-state index in [-0.39, 0.29) is 5.82 Å². The maximum atomic E-state index is 13.0. The van der Waals surface area contributed by atoms with Gasteiger partial charge < -0.3 is 15.2 Å². The Morgan fingerprint density at radius 3 is 2.55 bits per heavy atom. The summed E-state index contributed by atoms with van der Waals surface area (Å²) in [6, 6.07) is 10.0. The Kier molecular flexibility index (Phi) is 4.98. The molecule has 5 heteroatoms. The zero-order valence-electron chi connectivity index (χ0n) is 11.0. The van der Waals surface area contributed by atoms with Gasteiger partial charge in [-0.3, -0.25) is 0 Å². The lowest BCUT2D eigenvalue weighted by Gasteiger charge is -2.12. The van der Waals surface area contributed by atoms with Gasteiger partial charge in [0, 0.05) is 12.1 Å². The molecule has 106 valence electrons. The lowest BCUT2D eigenvalue weighted by molar-refractivity contribution is 0.294. The van der Waals surface area contributed by atoms with Crippen LogP contribution in [-0.4, -0.2) is 7.11 Å². The van der Waals surface area contributed by atoms with E-state index in [0.29, 0.717) is 23.4 Å². The largest absolute Gasteiger partial charge is 0.496 e. The minimum absolute atomic E-state index is 0.313. The zero-order valence-corrected chi connectivity index (χ0v) is 12.6. The fourth-order valence-electron chi connectivity index (χ4n) is 1.82. The number of hydrogen-bond acceptors (Lipinski definition) is 3. The molecular weight excluding hydrogens is 325 g/mol. The molecule has 0 saturated carbocycles. The molecule has 0 aliphatic carbocycles. The third kappa shape index (κ3) is 3.49. The van der Waals surface area contributed by atoms with Crippen molar-refractivity contribution < 1.29 is 13.9 Å². The third-order valence-corrected chi connectivity index (χ3v) is 3.48. The van der Waals surface area contributed by atoms with Crippen LogP contribution in [0.1, 0.15) is 11.1 Å². The fourth-order valence-corrected chi connectivity index (χ4v) is 2.28. The fraction of sp³-hybridized carbons (Fsp3) is 0.200. The molecule has 0 fully saturated rings. The maximum Gasteiger partial charge on any atom is 0.134 e. The summed E-state index contributed by atoms with van der Waals surface area (Å²) >= 11 is 3.27. The van der Waals surface area contributed by atoms with Gasteiger partial charge in [-0.1, -0.05) is 6.07 Å². The summed E-state index contributed by atoms with van der Waals surface area (Å²) in [4.78, 5) is 0. The Morgan fingerprint density at radius 2 is 1.90 bits per heavy atom. The number of nitrogens with two attached hydrogens (primary N) is 1. The number of ether oxygens (including phenoxy) is 2. The molecule has 0 saturated heterocycles. The molecule has 2 rings (SSSR count). The van der Waals surface area contributed by atoms with Crippen LogP contribution in [0.2, 0.25) is 0 Å². The minimum Gasteiger partial charge on any atom is -0.496 e. The van der Waals surface area contributed by atoms with Crippen LogP contribution in [0.15, 0.2) is 40.9 Å². The predicted octanol–water partition coefficient (Wildman–Crippen LogP) is 3.63. The van der Waals surface area contributed by atoms with E-state index in [1.54, 1.807) is 13.2 Å². The van der Waals surface area contributed by atoms with Crippen molar-refractivity contribution in [3.63, 3.8) is 0 Å². The van der Waals surface area contributed by atoms with Gasteiger partial charge in [0.1, 0.15) is 23.9 Å². The van der Waals surface area contributed by atoms with Crippen molar-refractivity contribution in [2.24, 2.45) is 5.73 Å². The number of methoxy groups -OCH3 is 1. The molecule has 3 nitrogen and oxygen atoms in total. The highest BCUT2D eigenvalue weighted by Crippen LogP contribution is 2.28. The molecule has 2 aromatic carbocycles. The van der Waals surface area contributed by atoms with E-state index < -0.39 is 0 Å². The second-order valence-electron chi connectivity index (χ2n) is 4.21. The Hall–Kier alpha value is -1.59. The first-order valence-electron chi connectivity index (χ1n) is 6.07. The molecule has 0 atom stereocenters. The van der Waals surface area contributed by atoms with Crippen molar-refractivity contribution in [3.05, 3.63) is 57.8 Å². The quantitative estimate of drug-likeness (QED) is 0.904. The first-order chi connectivity index (χ1) is 9.63. The minimum atomic E-state index is -0.313. The van der Waals surface area contributed by atoms with Crippen molar-refractivity contribution in [2.45, 2.75) is 13.2 Å². The predicted molar refractivity (Wildman–Crippen MR) is 79.3 cm³/mol. The van der Waals surface area contributed by atoms with E-state index in [1.807, 2.05) is 18.2 Å². The van der Waals surface area contributed by atoms with Gasteiger partial charge in [-0.15, -0.1) is 0 Å². The third-order valence-electron chi connectivity index (χ3n) is 2.86. The van der Waals surface area contributed by atoms with E-state index in [9.17, 15) is 4.39 Å². The highest BCUT2D eigenvalue weighted by atomic mass is 79.9. The molecule has 0 radical (unpaired) electrons. The van der Waals surface area contributed by atoms with Gasteiger partial charge in [-0.25, -0.2) is 4.39 Å². The number of benzene rings is 2.